The molecule has 10 nitrogen and oxygen atoms in total. The van der Waals surface area contributed by atoms with Crippen LogP contribution in [0.4, 0.5) is 15.8 Å². The number of amides is 1. The van der Waals surface area contributed by atoms with E-state index in [2.05, 4.69) is 20.5 Å². The molecule has 1 aliphatic heterocycles. The van der Waals surface area contributed by atoms with Gasteiger partial charge in [-0.2, -0.15) is 5.10 Å². The largest absolute Gasteiger partial charge is 0.388 e. The lowest BCUT2D eigenvalue weighted by molar-refractivity contribution is -0.119. The van der Waals surface area contributed by atoms with Gasteiger partial charge in [0.15, 0.2) is 5.82 Å². The summed E-state index contributed by atoms with van der Waals surface area (Å²) >= 11 is 11.8. The van der Waals surface area contributed by atoms with Crippen LogP contribution in [-0.2, 0) is 4.79 Å². The molecule has 0 saturated carbocycles. The first kappa shape index (κ1) is 28.3. The molecule has 1 amide bonds. The molecule has 2 bridgehead atoms. The molecule has 0 radical (unpaired) electrons. The lowest BCUT2D eigenvalue weighted by atomic mass is 9.94. The highest BCUT2D eigenvalue weighted by atomic mass is 35.5. The van der Waals surface area contributed by atoms with E-state index < -0.39 is 17.4 Å². The average molecular weight is 597 g/mol. The lowest BCUT2D eigenvalue weighted by Gasteiger charge is -2.23. The molecule has 5 rings (SSSR count). The Hall–Kier alpha value is -4.19. The van der Waals surface area contributed by atoms with Gasteiger partial charge in [0.2, 0.25) is 5.91 Å². The Morgan fingerprint density at radius 3 is 2.78 bits per heavy atom. The topological polar surface area (TPSA) is 148 Å². The molecule has 0 saturated heterocycles. The summed E-state index contributed by atoms with van der Waals surface area (Å²) in [6, 6.07) is 11.3. The second-order valence-corrected chi connectivity index (χ2v) is 10.7. The van der Waals surface area contributed by atoms with Crippen LogP contribution < -0.4 is 27.5 Å². The van der Waals surface area contributed by atoms with Gasteiger partial charge in [0.1, 0.15) is 5.16 Å². The zero-order chi connectivity index (χ0) is 29.3. The minimum absolute atomic E-state index is 0.0348. The smallest absolute Gasteiger partial charge is 0.254 e. The van der Waals surface area contributed by atoms with Gasteiger partial charge in [-0.25, -0.2) is 15.2 Å². The number of hydrogen-bond acceptors (Lipinski definition) is 7. The maximum atomic E-state index is 15.3. The summed E-state index contributed by atoms with van der Waals surface area (Å²) < 4.78 is 16.8. The number of H-pyrrole nitrogens is 1. The third-order valence-electron chi connectivity index (χ3n) is 7.06. The first-order chi connectivity index (χ1) is 19.6. The van der Waals surface area contributed by atoms with Crippen LogP contribution in [0.2, 0.25) is 5.02 Å². The highest BCUT2D eigenvalue weighted by molar-refractivity contribution is 6.31. The molecule has 4 aromatic rings. The van der Waals surface area contributed by atoms with Crippen LogP contribution >= 0.6 is 23.2 Å². The molecule has 3 heterocycles. The lowest BCUT2D eigenvalue weighted by Crippen LogP contribution is -2.28. The Kier molecular flexibility index (Phi) is 8.11. The Morgan fingerprint density at radius 2 is 2.02 bits per heavy atom. The van der Waals surface area contributed by atoms with Crippen LogP contribution in [-0.4, -0.2) is 25.7 Å². The minimum atomic E-state index is -0.799. The fourth-order valence-corrected chi connectivity index (χ4v) is 5.22. The normalized spacial score (nSPS) is 17.7. The Labute approximate surface area is 244 Å². The van der Waals surface area contributed by atoms with Crippen molar-refractivity contribution < 1.29 is 9.18 Å². The third-order valence-corrected chi connectivity index (χ3v) is 7.45. The second kappa shape index (κ2) is 11.7. The maximum absolute atomic E-state index is 15.3. The van der Waals surface area contributed by atoms with Crippen molar-refractivity contribution in [2.75, 3.05) is 10.3 Å². The Morgan fingerprint density at radius 1 is 1.22 bits per heavy atom. The van der Waals surface area contributed by atoms with Crippen molar-refractivity contribution in [1.82, 2.24) is 19.7 Å². The van der Waals surface area contributed by atoms with Crippen molar-refractivity contribution in [3.05, 3.63) is 93.1 Å². The summed E-state index contributed by atoms with van der Waals surface area (Å²) in [7, 11) is 0. The first-order valence-corrected chi connectivity index (χ1v) is 13.6. The van der Waals surface area contributed by atoms with E-state index in [1.807, 2.05) is 31.2 Å². The van der Waals surface area contributed by atoms with E-state index >= 15 is 4.39 Å². The number of carbonyl (C=O) groups is 1. The molecular formula is C28H27Cl2FN8O2. The number of aromatic nitrogens is 4. The van der Waals surface area contributed by atoms with Gasteiger partial charge in [-0.1, -0.05) is 54.7 Å². The first-order valence-electron chi connectivity index (χ1n) is 12.8. The van der Waals surface area contributed by atoms with E-state index in [4.69, 9.17) is 34.8 Å². The molecule has 2 atom stereocenters. The number of benzene rings is 2. The predicted octanol–water partition coefficient (Wildman–Crippen LogP) is 5.12. The van der Waals surface area contributed by atoms with Gasteiger partial charge in [-0.3, -0.25) is 24.3 Å². The Bertz CT molecular complexity index is 1700. The Balaban J connectivity index is 1.60. The van der Waals surface area contributed by atoms with Crippen LogP contribution in [0.5, 0.6) is 0 Å². The van der Waals surface area contributed by atoms with Crippen molar-refractivity contribution in [3.63, 3.8) is 0 Å². The number of anilines is 2. The molecule has 6 N–H and O–H groups in total. The SMILES string of the molecule is CC1CCCC(n2cnc(-c3c(N(N)/C=C(\N)Cl)ccc(Cl)c3F)cc2=O)c2cccc(c2)-c2[nH]ncc2NC1=O. The monoisotopic (exact) mass is 596 g/mol. The number of nitrogens with zero attached hydrogens (tertiary/aromatic N) is 4. The predicted molar refractivity (Wildman–Crippen MR) is 157 cm³/mol. The van der Waals surface area contributed by atoms with Crippen LogP contribution in [0.25, 0.3) is 22.5 Å². The number of nitrogens with two attached hydrogens (primary N) is 2. The van der Waals surface area contributed by atoms with Crippen LogP contribution in [0.15, 0.2) is 71.1 Å². The second-order valence-electron chi connectivity index (χ2n) is 9.82. The number of nitrogens with one attached hydrogen (secondary N) is 2. The molecule has 41 heavy (non-hydrogen) atoms. The van der Waals surface area contributed by atoms with E-state index in [0.717, 1.165) is 16.1 Å². The molecule has 1 aliphatic rings. The van der Waals surface area contributed by atoms with Gasteiger partial charge in [0, 0.05) is 17.5 Å². The van der Waals surface area contributed by atoms with Crippen LogP contribution in [0, 0.1) is 11.7 Å². The number of carbonyl (C=O) groups excluding carboxylic acids is 1. The number of hydrogen-bond donors (Lipinski definition) is 4. The minimum Gasteiger partial charge on any atom is -0.388 e. The summed E-state index contributed by atoms with van der Waals surface area (Å²) in [5.41, 5.74) is 8.14. The molecule has 2 unspecified atom stereocenters. The zero-order valence-electron chi connectivity index (χ0n) is 21.9. The molecule has 2 aromatic heterocycles. The van der Waals surface area contributed by atoms with E-state index in [1.54, 1.807) is 6.20 Å². The number of aromatic amines is 1. The molecule has 2 aromatic carbocycles. The van der Waals surface area contributed by atoms with Gasteiger partial charge in [0.25, 0.3) is 5.56 Å². The standard InChI is InChI=1S/C28H27Cl2FN8O2/c1-15-4-2-7-21(16-5-3-6-17(10-16)27-20(12-35-37-27)36-28(15)41)38-14-34-19(11-24(38)40)25-22(39(33)13-23(30)32)9-8-18(29)26(25)31/h3,5-6,8-15,21H,2,4,7,32-33H2,1H3,(H,35,37)(H,36,41)/b23-13-. The van der Waals surface area contributed by atoms with Crippen molar-refractivity contribution in [2.45, 2.75) is 32.2 Å². The van der Waals surface area contributed by atoms with Crippen molar-refractivity contribution in [3.8, 4) is 22.5 Å². The van der Waals surface area contributed by atoms with E-state index in [-0.39, 0.29) is 38.9 Å². The maximum Gasteiger partial charge on any atom is 0.254 e. The molecule has 212 valence electrons. The summed E-state index contributed by atoms with van der Waals surface area (Å²) in [6.45, 7) is 1.86. The van der Waals surface area contributed by atoms with Crippen molar-refractivity contribution in [1.29, 1.82) is 0 Å². The summed E-state index contributed by atoms with van der Waals surface area (Å²) in [4.78, 5) is 30.8. The van der Waals surface area contributed by atoms with E-state index in [0.29, 0.717) is 30.6 Å². The number of hydrazine groups is 1. The number of rotatable bonds is 4. The van der Waals surface area contributed by atoms with Crippen molar-refractivity contribution in [2.24, 2.45) is 17.5 Å². The van der Waals surface area contributed by atoms with Gasteiger partial charge in [-0.05, 0) is 36.6 Å². The van der Waals surface area contributed by atoms with E-state index in [1.165, 1.54) is 35.3 Å². The highest BCUT2D eigenvalue weighted by Crippen LogP contribution is 2.36. The molecular weight excluding hydrogens is 570 g/mol. The number of halogens is 3. The fraction of sp³-hybridized carbons (Fsp3) is 0.214. The average Bonchev–Trinajstić information content (AvgIpc) is 3.40. The molecule has 0 aliphatic carbocycles. The third kappa shape index (κ3) is 5.83. The molecule has 0 spiro atoms. The van der Waals surface area contributed by atoms with Gasteiger partial charge < -0.3 is 11.1 Å². The quantitative estimate of drug-likeness (QED) is 0.145. The molecule has 0 fully saturated rings. The number of fused-ring (bicyclic) bond motifs is 4. The van der Waals surface area contributed by atoms with Crippen molar-refractivity contribution >= 4 is 40.5 Å². The highest BCUT2D eigenvalue weighted by Gasteiger charge is 2.24. The fourth-order valence-electron chi connectivity index (χ4n) is 4.96. The molecule has 13 heteroatoms. The van der Waals surface area contributed by atoms with Gasteiger partial charge in [-0.15, -0.1) is 0 Å². The van der Waals surface area contributed by atoms with Crippen LogP contribution in [0.3, 0.4) is 0 Å². The van der Waals surface area contributed by atoms with E-state index in [9.17, 15) is 9.59 Å². The summed E-state index contributed by atoms with van der Waals surface area (Å²) in [5.74, 6) is 4.88. The van der Waals surface area contributed by atoms with Gasteiger partial charge in [0.05, 0.1) is 58.1 Å². The van der Waals surface area contributed by atoms with Crippen LogP contribution in [0.1, 0.15) is 37.8 Å². The van der Waals surface area contributed by atoms with Gasteiger partial charge >= 0.3 is 0 Å². The summed E-state index contributed by atoms with van der Waals surface area (Å²) in [5, 5.41) is 10.8. The summed E-state index contributed by atoms with van der Waals surface area (Å²) in [6.07, 6.45) is 5.99. The zero-order valence-corrected chi connectivity index (χ0v) is 23.5.